The van der Waals surface area contributed by atoms with E-state index in [0.717, 1.165) is 37.0 Å². The highest BCUT2D eigenvalue weighted by Crippen LogP contribution is 2.32. The number of nitrogens with one attached hydrogen (secondary N) is 2. The molecule has 1 aliphatic rings. The van der Waals surface area contributed by atoms with Crippen LogP contribution in [0.4, 0.5) is 0 Å². The summed E-state index contributed by atoms with van der Waals surface area (Å²) < 4.78 is 15.8. The fourth-order valence-corrected chi connectivity index (χ4v) is 2.47. The highest BCUT2D eigenvalue weighted by atomic mass is 127. The number of aromatic nitrogens is 2. The fourth-order valence-electron chi connectivity index (χ4n) is 2.47. The van der Waals surface area contributed by atoms with Gasteiger partial charge < -0.3 is 24.6 Å². The van der Waals surface area contributed by atoms with Crippen LogP contribution in [0.3, 0.4) is 0 Å². The van der Waals surface area contributed by atoms with E-state index in [1.165, 1.54) is 5.56 Å². The van der Waals surface area contributed by atoms with Crippen LogP contribution in [0.25, 0.3) is 0 Å². The lowest BCUT2D eigenvalue weighted by atomic mass is 10.1. The largest absolute Gasteiger partial charge is 0.454 e. The van der Waals surface area contributed by atoms with Gasteiger partial charge in [-0.05, 0) is 38.0 Å². The molecule has 0 atom stereocenters. The van der Waals surface area contributed by atoms with E-state index in [1.54, 1.807) is 6.92 Å². The average molecular weight is 473 g/mol. The smallest absolute Gasteiger partial charge is 0.231 e. The fraction of sp³-hybridized carbons (Fsp3) is 0.471. The van der Waals surface area contributed by atoms with E-state index < -0.39 is 0 Å². The minimum Gasteiger partial charge on any atom is -0.454 e. The van der Waals surface area contributed by atoms with Crippen LogP contribution in [-0.4, -0.2) is 42.5 Å². The van der Waals surface area contributed by atoms with Crippen molar-refractivity contribution < 1.29 is 14.0 Å². The molecule has 1 aliphatic heterocycles. The second kappa shape index (κ2) is 10.2. The van der Waals surface area contributed by atoms with Crippen LogP contribution in [0.5, 0.6) is 11.5 Å². The number of guanidine groups is 1. The standard InChI is InChI=1S/C17H23N5O3.HI/c1-3-18-17(20-9-7-16-21-12(2)22-25-16)19-8-6-13-4-5-14-15(10-13)24-11-23-14;/h4-5,10H,3,6-9,11H2,1-2H3,(H2,18,19,20);1H. The zero-order valence-corrected chi connectivity index (χ0v) is 17.3. The van der Waals surface area contributed by atoms with Crippen LogP contribution in [0, 0.1) is 6.92 Å². The van der Waals surface area contributed by atoms with Crippen molar-refractivity contribution in [2.45, 2.75) is 26.7 Å². The molecule has 1 aromatic carbocycles. The third-order valence-corrected chi connectivity index (χ3v) is 3.65. The van der Waals surface area contributed by atoms with Crippen molar-refractivity contribution in [2.24, 2.45) is 4.99 Å². The molecule has 0 amide bonds. The Hall–Kier alpha value is -2.04. The second-order valence-electron chi connectivity index (χ2n) is 5.61. The summed E-state index contributed by atoms with van der Waals surface area (Å²) in [5.41, 5.74) is 1.19. The van der Waals surface area contributed by atoms with Crippen LogP contribution in [-0.2, 0) is 12.8 Å². The first kappa shape index (κ1) is 20.3. The zero-order valence-electron chi connectivity index (χ0n) is 14.9. The quantitative estimate of drug-likeness (QED) is 0.361. The Labute approximate surface area is 169 Å². The van der Waals surface area contributed by atoms with Gasteiger partial charge in [0.2, 0.25) is 12.7 Å². The molecule has 2 heterocycles. The van der Waals surface area contributed by atoms with E-state index in [-0.39, 0.29) is 24.0 Å². The summed E-state index contributed by atoms with van der Waals surface area (Å²) in [5, 5.41) is 10.3. The van der Waals surface area contributed by atoms with E-state index in [4.69, 9.17) is 14.0 Å². The molecule has 0 unspecified atom stereocenters. The van der Waals surface area contributed by atoms with Crippen molar-refractivity contribution in [3.8, 4) is 11.5 Å². The number of rotatable bonds is 7. The maximum absolute atomic E-state index is 5.40. The number of hydrogen-bond donors (Lipinski definition) is 2. The van der Waals surface area contributed by atoms with Gasteiger partial charge in [-0.3, -0.25) is 4.99 Å². The molecule has 3 rings (SSSR count). The minimum absolute atomic E-state index is 0. The molecule has 0 aliphatic carbocycles. The third-order valence-electron chi connectivity index (χ3n) is 3.65. The lowest BCUT2D eigenvalue weighted by Crippen LogP contribution is -2.38. The van der Waals surface area contributed by atoms with Gasteiger partial charge in [0, 0.05) is 19.5 Å². The van der Waals surface area contributed by atoms with Crippen molar-refractivity contribution >= 4 is 29.9 Å². The molecule has 0 bridgehead atoms. The summed E-state index contributed by atoms with van der Waals surface area (Å²) in [6.45, 7) is 6.30. The number of nitrogens with zero attached hydrogens (tertiary/aromatic N) is 3. The summed E-state index contributed by atoms with van der Waals surface area (Å²) >= 11 is 0. The number of aliphatic imine (C=N–C) groups is 1. The normalized spacial score (nSPS) is 12.6. The Morgan fingerprint density at radius 3 is 2.81 bits per heavy atom. The first-order valence-corrected chi connectivity index (χ1v) is 8.44. The predicted molar refractivity (Wildman–Crippen MR) is 108 cm³/mol. The van der Waals surface area contributed by atoms with E-state index in [1.807, 2.05) is 19.1 Å². The molecule has 0 fully saturated rings. The molecule has 26 heavy (non-hydrogen) atoms. The highest BCUT2D eigenvalue weighted by molar-refractivity contribution is 14.0. The molecule has 1 aromatic heterocycles. The van der Waals surface area contributed by atoms with Gasteiger partial charge in [-0.2, -0.15) is 4.98 Å². The van der Waals surface area contributed by atoms with Crippen molar-refractivity contribution in [3.63, 3.8) is 0 Å². The SMILES string of the molecule is CCNC(=NCCc1nc(C)no1)NCCc1ccc2c(c1)OCO2.I. The van der Waals surface area contributed by atoms with Gasteiger partial charge >= 0.3 is 0 Å². The molecule has 2 aromatic rings. The molecule has 0 saturated carbocycles. The van der Waals surface area contributed by atoms with Crippen LogP contribution in [0.15, 0.2) is 27.7 Å². The number of halogens is 1. The molecule has 0 radical (unpaired) electrons. The van der Waals surface area contributed by atoms with Gasteiger partial charge in [-0.1, -0.05) is 11.2 Å². The number of fused-ring (bicyclic) bond motifs is 1. The van der Waals surface area contributed by atoms with Gasteiger partial charge in [0.05, 0.1) is 6.54 Å². The average Bonchev–Trinajstić information content (AvgIpc) is 3.23. The monoisotopic (exact) mass is 473 g/mol. The summed E-state index contributed by atoms with van der Waals surface area (Å²) in [5.74, 6) is 3.65. The first-order chi connectivity index (χ1) is 12.2. The second-order valence-corrected chi connectivity index (χ2v) is 5.61. The summed E-state index contributed by atoms with van der Waals surface area (Å²) in [6.07, 6.45) is 1.49. The van der Waals surface area contributed by atoms with Gasteiger partial charge in [0.1, 0.15) is 0 Å². The highest BCUT2D eigenvalue weighted by Gasteiger charge is 2.12. The van der Waals surface area contributed by atoms with Crippen LogP contribution < -0.4 is 20.1 Å². The molecular formula is C17H24IN5O3. The van der Waals surface area contributed by atoms with Crippen LogP contribution in [0.2, 0.25) is 0 Å². The maximum atomic E-state index is 5.40. The number of benzene rings is 1. The molecule has 8 nitrogen and oxygen atoms in total. The van der Waals surface area contributed by atoms with E-state index >= 15 is 0 Å². The maximum Gasteiger partial charge on any atom is 0.231 e. The molecule has 142 valence electrons. The van der Waals surface area contributed by atoms with Crippen molar-refractivity contribution in [1.29, 1.82) is 0 Å². The molecule has 9 heteroatoms. The topological polar surface area (TPSA) is 93.8 Å². The van der Waals surface area contributed by atoms with E-state index in [2.05, 4.69) is 31.8 Å². The Bertz CT molecular complexity index is 735. The molecule has 2 N–H and O–H groups in total. The lowest BCUT2D eigenvalue weighted by molar-refractivity contribution is 0.174. The Kier molecular flexibility index (Phi) is 7.95. The van der Waals surface area contributed by atoms with Gasteiger partial charge in [-0.25, -0.2) is 0 Å². The summed E-state index contributed by atoms with van der Waals surface area (Å²) in [7, 11) is 0. The lowest BCUT2D eigenvalue weighted by Gasteiger charge is -2.11. The Balaban J connectivity index is 0.00000243. The number of hydrogen-bond acceptors (Lipinski definition) is 6. The molecular weight excluding hydrogens is 449 g/mol. The summed E-state index contributed by atoms with van der Waals surface area (Å²) in [6, 6.07) is 6.02. The van der Waals surface area contributed by atoms with Crippen LogP contribution in [0.1, 0.15) is 24.2 Å². The van der Waals surface area contributed by atoms with Crippen LogP contribution >= 0.6 is 24.0 Å². The summed E-state index contributed by atoms with van der Waals surface area (Å²) in [4.78, 5) is 8.70. The first-order valence-electron chi connectivity index (χ1n) is 8.44. The minimum atomic E-state index is 0. The number of aryl methyl sites for hydroxylation is 1. The van der Waals surface area contributed by atoms with E-state index in [9.17, 15) is 0 Å². The van der Waals surface area contributed by atoms with Crippen molar-refractivity contribution in [3.05, 3.63) is 35.5 Å². The Morgan fingerprint density at radius 2 is 2.04 bits per heavy atom. The van der Waals surface area contributed by atoms with Gasteiger partial charge in [-0.15, -0.1) is 24.0 Å². The Morgan fingerprint density at radius 1 is 1.19 bits per heavy atom. The van der Waals surface area contributed by atoms with Crippen molar-refractivity contribution in [2.75, 3.05) is 26.4 Å². The third kappa shape index (κ3) is 5.75. The zero-order chi connectivity index (χ0) is 17.5. The molecule has 0 saturated heterocycles. The van der Waals surface area contributed by atoms with Gasteiger partial charge in [0.25, 0.3) is 0 Å². The number of ether oxygens (including phenoxy) is 2. The van der Waals surface area contributed by atoms with Gasteiger partial charge in [0.15, 0.2) is 23.3 Å². The molecule has 0 spiro atoms. The predicted octanol–water partition coefficient (Wildman–Crippen LogP) is 2.07. The van der Waals surface area contributed by atoms with E-state index in [0.29, 0.717) is 31.5 Å². The van der Waals surface area contributed by atoms with Crippen molar-refractivity contribution in [1.82, 2.24) is 20.8 Å².